The summed E-state index contributed by atoms with van der Waals surface area (Å²) in [5.41, 5.74) is 6.50. The molecule has 32 heavy (non-hydrogen) atoms. The third-order valence-corrected chi connectivity index (χ3v) is 5.80. The lowest BCUT2D eigenvalue weighted by atomic mass is 9.93. The molecule has 1 aliphatic carbocycles. The van der Waals surface area contributed by atoms with Gasteiger partial charge in [0.25, 0.3) is 0 Å². The number of ether oxygens (including phenoxy) is 1. The van der Waals surface area contributed by atoms with Crippen LogP contribution >= 0.6 is 11.6 Å². The predicted octanol–water partition coefficient (Wildman–Crippen LogP) is 5.17. The fourth-order valence-electron chi connectivity index (χ4n) is 3.76. The number of benzene rings is 2. The first-order chi connectivity index (χ1) is 15.4. The Hall–Kier alpha value is -3.38. The molecule has 0 atom stereocenters. The average molecular weight is 451 g/mol. The monoisotopic (exact) mass is 450 g/mol. The number of aryl methyl sites for hydroxylation is 2. The topological polar surface area (TPSA) is 80.9 Å². The minimum absolute atomic E-state index is 0.146. The summed E-state index contributed by atoms with van der Waals surface area (Å²) in [6, 6.07) is 14.5. The van der Waals surface area contributed by atoms with Gasteiger partial charge in [0.05, 0.1) is 12.1 Å². The van der Waals surface area contributed by atoms with E-state index in [1.165, 1.54) is 0 Å². The van der Waals surface area contributed by atoms with E-state index in [2.05, 4.69) is 10.5 Å². The van der Waals surface area contributed by atoms with E-state index in [0.717, 1.165) is 23.1 Å². The summed E-state index contributed by atoms with van der Waals surface area (Å²) in [6.07, 6.45) is 2.44. The number of fused-ring (bicyclic) bond motifs is 1. The Morgan fingerprint density at radius 2 is 1.91 bits per heavy atom. The number of hydrazone groups is 1. The molecule has 0 fully saturated rings. The zero-order valence-electron chi connectivity index (χ0n) is 17.9. The van der Waals surface area contributed by atoms with Crippen LogP contribution in [0.15, 0.2) is 58.0 Å². The largest absolute Gasteiger partial charge is 0.453 e. The average Bonchev–Trinajstić information content (AvgIpc) is 3.13. The summed E-state index contributed by atoms with van der Waals surface area (Å²) in [5.74, 6) is 0.449. The second kappa shape index (κ2) is 9.40. The molecular weight excluding hydrogens is 428 g/mol. The minimum Gasteiger partial charge on any atom is -0.453 e. The van der Waals surface area contributed by atoms with Crippen LogP contribution in [0, 0.1) is 13.8 Å². The number of furan rings is 1. The van der Waals surface area contributed by atoms with Crippen LogP contribution in [-0.4, -0.2) is 17.6 Å². The minimum atomic E-state index is -0.578. The fraction of sp³-hybridized carbons (Fsp3) is 0.240. The first-order valence-electron chi connectivity index (χ1n) is 10.4. The molecule has 1 aromatic heterocycles. The van der Waals surface area contributed by atoms with E-state index < -0.39 is 5.97 Å². The highest BCUT2D eigenvalue weighted by atomic mass is 35.5. The Labute approximate surface area is 191 Å². The molecule has 0 radical (unpaired) electrons. The van der Waals surface area contributed by atoms with Crippen molar-refractivity contribution < 1.29 is 18.7 Å². The van der Waals surface area contributed by atoms with Gasteiger partial charge in [0.2, 0.25) is 11.7 Å². The van der Waals surface area contributed by atoms with Crippen LogP contribution in [0.4, 0.5) is 0 Å². The number of amides is 1. The molecule has 0 unspecified atom stereocenters. The number of halogens is 1. The number of carbonyl (C=O) groups excluding carboxylic acids is 2. The van der Waals surface area contributed by atoms with Gasteiger partial charge >= 0.3 is 5.97 Å². The summed E-state index contributed by atoms with van der Waals surface area (Å²) in [6.45, 7) is 3.64. The second-order valence-corrected chi connectivity index (χ2v) is 8.17. The van der Waals surface area contributed by atoms with Crippen LogP contribution in [0.25, 0.3) is 0 Å². The first kappa shape index (κ1) is 21.8. The Kier molecular flexibility index (Phi) is 6.42. The highest BCUT2D eigenvalue weighted by molar-refractivity contribution is 6.31. The summed E-state index contributed by atoms with van der Waals surface area (Å²) in [4.78, 5) is 25.1. The maximum absolute atomic E-state index is 12.8. The molecule has 2 aromatic carbocycles. The third kappa shape index (κ3) is 4.75. The molecule has 0 bridgehead atoms. The van der Waals surface area contributed by atoms with Gasteiger partial charge in [-0.05, 0) is 56.0 Å². The number of nitrogens with one attached hydrogen (secondary N) is 1. The van der Waals surface area contributed by atoms with Gasteiger partial charge in [-0.3, -0.25) is 4.79 Å². The molecule has 1 N–H and O–H groups in total. The van der Waals surface area contributed by atoms with Gasteiger partial charge < -0.3 is 9.15 Å². The fourth-order valence-corrected chi connectivity index (χ4v) is 3.88. The maximum Gasteiger partial charge on any atom is 0.379 e. The Morgan fingerprint density at radius 1 is 1.12 bits per heavy atom. The molecule has 164 valence electrons. The van der Waals surface area contributed by atoms with Gasteiger partial charge in [-0.2, -0.15) is 5.10 Å². The lowest BCUT2D eigenvalue weighted by molar-refractivity contribution is -0.120. The number of hydrogen-bond acceptors (Lipinski definition) is 5. The van der Waals surface area contributed by atoms with Crippen LogP contribution in [0.2, 0.25) is 5.02 Å². The summed E-state index contributed by atoms with van der Waals surface area (Å²) in [5, 5.41) is 4.95. The van der Waals surface area contributed by atoms with Crippen molar-refractivity contribution >= 4 is 29.2 Å². The normalized spacial score (nSPS) is 14.2. The molecule has 1 heterocycles. The molecule has 0 spiro atoms. The van der Waals surface area contributed by atoms with Gasteiger partial charge in [-0.1, -0.05) is 41.9 Å². The zero-order chi connectivity index (χ0) is 22.7. The predicted molar refractivity (Wildman–Crippen MR) is 122 cm³/mol. The number of hydrogen-bond donors (Lipinski definition) is 1. The van der Waals surface area contributed by atoms with E-state index in [1.807, 2.05) is 37.3 Å². The Morgan fingerprint density at radius 3 is 2.66 bits per heavy atom. The summed E-state index contributed by atoms with van der Waals surface area (Å²) >= 11 is 6.04. The SMILES string of the molecule is Cc1cc(OC(=O)c2oc3c(c2C)/C(=N/NC(=O)Cc2ccccc2)CCC3)ccc1Cl. The van der Waals surface area contributed by atoms with Gasteiger partial charge in [0.15, 0.2) is 0 Å². The van der Waals surface area contributed by atoms with Crippen LogP contribution in [0.1, 0.15) is 51.4 Å². The quantitative estimate of drug-likeness (QED) is 0.330. The molecule has 7 heteroatoms. The van der Waals surface area contributed by atoms with Crippen molar-refractivity contribution in [3.05, 3.63) is 87.3 Å². The Bertz CT molecular complexity index is 1200. The van der Waals surface area contributed by atoms with Gasteiger partial charge in [-0.25, -0.2) is 10.2 Å². The van der Waals surface area contributed by atoms with Crippen LogP contribution in [0.5, 0.6) is 5.75 Å². The first-order valence-corrected chi connectivity index (χ1v) is 10.8. The third-order valence-electron chi connectivity index (χ3n) is 5.37. The van der Waals surface area contributed by atoms with E-state index in [0.29, 0.717) is 40.6 Å². The lowest BCUT2D eigenvalue weighted by Gasteiger charge is -2.13. The zero-order valence-corrected chi connectivity index (χ0v) is 18.7. The highest BCUT2D eigenvalue weighted by Gasteiger charge is 2.29. The highest BCUT2D eigenvalue weighted by Crippen LogP contribution is 2.31. The van der Waals surface area contributed by atoms with E-state index in [-0.39, 0.29) is 18.1 Å². The van der Waals surface area contributed by atoms with Gasteiger partial charge in [-0.15, -0.1) is 0 Å². The van der Waals surface area contributed by atoms with Crippen LogP contribution < -0.4 is 10.2 Å². The molecule has 0 saturated heterocycles. The Balaban J connectivity index is 1.51. The van der Waals surface area contributed by atoms with Crippen molar-refractivity contribution in [1.29, 1.82) is 0 Å². The second-order valence-electron chi connectivity index (χ2n) is 7.76. The van der Waals surface area contributed by atoms with E-state index in [4.69, 9.17) is 20.8 Å². The van der Waals surface area contributed by atoms with Crippen molar-refractivity contribution in [1.82, 2.24) is 5.43 Å². The van der Waals surface area contributed by atoms with Crippen molar-refractivity contribution in [3.63, 3.8) is 0 Å². The molecule has 0 saturated carbocycles. The number of nitrogens with zero attached hydrogens (tertiary/aromatic N) is 1. The molecule has 3 aromatic rings. The molecule has 4 rings (SSSR count). The number of esters is 1. The van der Waals surface area contributed by atoms with Gasteiger partial charge in [0, 0.05) is 22.6 Å². The molecule has 1 amide bonds. The standard InChI is InChI=1S/C25H23ClN2O4/c1-15-13-18(11-12-19(15)26)31-25(30)24-16(2)23-20(9-6-10-21(23)32-24)27-28-22(29)14-17-7-4-3-5-8-17/h3-5,7-8,11-13H,6,9-10,14H2,1-2H3,(H,28,29)/b27-20+. The van der Waals surface area contributed by atoms with Gasteiger partial charge in [0.1, 0.15) is 11.5 Å². The molecule has 0 aliphatic heterocycles. The van der Waals surface area contributed by atoms with Crippen molar-refractivity contribution in [2.24, 2.45) is 5.10 Å². The summed E-state index contributed by atoms with van der Waals surface area (Å²) < 4.78 is 11.4. The van der Waals surface area contributed by atoms with Crippen molar-refractivity contribution in [3.8, 4) is 5.75 Å². The van der Waals surface area contributed by atoms with Crippen molar-refractivity contribution in [2.45, 2.75) is 39.5 Å². The van der Waals surface area contributed by atoms with E-state index in [9.17, 15) is 9.59 Å². The van der Waals surface area contributed by atoms with Crippen LogP contribution in [-0.2, 0) is 17.6 Å². The van der Waals surface area contributed by atoms with Crippen molar-refractivity contribution in [2.75, 3.05) is 0 Å². The molecular formula is C25H23ClN2O4. The van der Waals surface area contributed by atoms with E-state index >= 15 is 0 Å². The van der Waals surface area contributed by atoms with E-state index in [1.54, 1.807) is 25.1 Å². The summed E-state index contributed by atoms with van der Waals surface area (Å²) in [7, 11) is 0. The smallest absolute Gasteiger partial charge is 0.379 e. The maximum atomic E-state index is 12.8. The van der Waals surface area contributed by atoms with Crippen LogP contribution in [0.3, 0.4) is 0 Å². The number of rotatable bonds is 5. The lowest BCUT2D eigenvalue weighted by Crippen LogP contribution is -2.23. The molecule has 1 aliphatic rings. The molecule has 6 nitrogen and oxygen atoms in total. The number of carbonyl (C=O) groups is 2.